The van der Waals surface area contributed by atoms with Crippen molar-refractivity contribution in [3.63, 3.8) is 0 Å². The van der Waals surface area contributed by atoms with Crippen LogP contribution in [0.25, 0.3) is 0 Å². The van der Waals surface area contributed by atoms with Crippen LogP contribution in [-0.2, 0) is 11.2 Å². The van der Waals surface area contributed by atoms with Crippen LogP contribution in [-0.4, -0.2) is 24.2 Å². The maximum atomic E-state index is 12.3. The molecule has 8 heteroatoms. The molecule has 0 amide bonds. The topological polar surface area (TPSA) is 105 Å². The number of rotatable bonds is 6. The molecule has 0 aliphatic heterocycles. The number of non-ortho nitro benzene ring substituents is 1. The molecule has 0 aliphatic carbocycles. The van der Waals surface area contributed by atoms with E-state index >= 15 is 0 Å². The van der Waals surface area contributed by atoms with E-state index in [0.717, 1.165) is 34.2 Å². The number of methoxy groups -OCH3 is 1. The van der Waals surface area contributed by atoms with Gasteiger partial charge in [0.1, 0.15) is 5.00 Å². The van der Waals surface area contributed by atoms with Crippen LogP contribution in [0.5, 0.6) is 5.75 Å². The van der Waals surface area contributed by atoms with E-state index in [-0.39, 0.29) is 11.3 Å². The van der Waals surface area contributed by atoms with E-state index in [0.29, 0.717) is 17.0 Å². The van der Waals surface area contributed by atoms with Crippen LogP contribution >= 0.6 is 11.3 Å². The van der Waals surface area contributed by atoms with Gasteiger partial charge in [0.15, 0.2) is 0 Å². The standard InChI is InChI=1S/C21H18N2O5S/c1-13-18(10-14-6-4-3-5-7-14)29-20(19(13)21(25)28-2)22-12-15-11-16(23(26)27)8-9-17(15)24/h3-9,11-12,24H,10H2,1-2H3/p-1. The largest absolute Gasteiger partial charge is 0.872 e. The third kappa shape index (κ3) is 4.49. The Morgan fingerprint density at radius 3 is 2.62 bits per heavy atom. The zero-order valence-corrected chi connectivity index (χ0v) is 16.6. The molecular weight excluding hydrogens is 392 g/mol. The lowest BCUT2D eigenvalue weighted by Crippen LogP contribution is -2.03. The van der Waals surface area contributed by atoms with Crippen molar-refractivity contribution in [2.75, 3.05) is 7.11 Å². The van der Waals surface area contributed by atoms with Gasteiger partial charge in [0.2, 0.25) is 0 Å². The quantitative estimate of drug-likeness (QED) is 0.263. The lowest BCUT2D eigenvalue weighted by Gasteiger charge is -2.08. The fourth-order valence-corrected chi connectivity index (χ4v) is 3.98. The minimum atomic E-state index is -0.579. The summed E-state index contributed by atoms with van der Waals surface area (Å²) in [6.07, 6.45) is 1.87. The van der Waals surface area contributed by atoms with Crippen LogP contribution in [0, 0.1) is 17.0 Å². The van der Waals surface area contributed by atoms with E-state index < -0.39 is 16.6 Å². The van der Waals surface area contributed by atoms with Gasteiger partial charge in [0.25, 0.3) is 5.69 Å². The lowest BCUT2D eigenvalue weighted by molar-refractivity contribution is -0.385. The number of ether oxygens (including phenoxy) is 1. The van der Waals surface area contributed by atoms with Gasteiger partial charge in [-0.2, -0.15) is 0 Å². The number of benzene rings is 2. The van der Waals surface area contributed by atoms with Gasteiger partial charge in [0.05, 0.1) is 17.6 Å². The molecule has 0 saturated carbocycles. The Kier molecular flexibility index (Phi) is 6.04. The first-order valence-electron chi connectivity index (χ1n) is 8.64. The number of esters is 1. The van der Waals surface area contributed by atoms with Crippen LogP contribution in [0.4, 0.5) is 10.7 Å². The third-order valence-corrected chi connectivity index (χ3v) is 5.55. The Balaban J connectivity index is 2.01. The van der Waals surface area contributed by atoms with Gasteiger partial charge in [-0.15, -0.1) is 11.3 Å². The van der Waals surface area contributed by atoms with Crippen LogP contribution in [0.15, 0.2) is 53.5 Å². The van der Waals surface area contributed by atoms with E-state index in [9.17, 15) is 20.0 Å². The summed E-state index contributed by atoms with van der Waals surface area (Å²) in [5, 5.41) is 23.3. The molecule has 3 aromatic rings. The number of carbonyl (C=O) groups excluding carboxylic acids is 1. The van der Waals surface area contributed by atoms with E-state index in [4.69, 9.17) is 4.74 Å². The van der Waals surface area contributed by atoms with E-state index in [1.54, 1.807) is 0 Å². The van der Waals surface area contributed by atoms with Crippen molar-refractivity contribution < 1.29 is 19.6 Å². The molecule has 3 rings (SSSR count). The molecule has 0 atom stereocenters. The molecule has 0 fully saturated rings. The lowest BCUT2D eigenvalue weighted by atomic mass is 10.1. The molecule has 0 aliphatic rings. The predicted octanol–water partition coefficient (Wildman–Crippen LogP) is 4.17. The Morgan fingerprint density at radius 2 is 1.97 bits per heavy atom. The summed E-state index contributed by atoms with van der Waals surface area (Å²) in [4.78, 5) is 27.9. The molecule has 0 saturated heterocycles. The molecule has 148 valence electrons. The first kappa shape index (κ1) is 20.2. The van der Waals surface area contributed by atoms with Gasteiger partial charge in [-0.1, -0.05) is 42.1 Å². The summed E-state index contributed by atoms with van der Waals surface area (Å²) >= 11 is 1.33. The van der Waals surface area contributed by atoms with Crippen molar-refractivity contribution in [2.45, 2.75) is 13.3 Å². The smallest absolute Gasteiger partial charge is 0.341 e. The molecule has 29 heavy (non-hydrogen) atoms. The van der Waals surface area contributed by atoms with Crippen LogP contribution in [0.2, 0.25) is 0 Å². The molecule has 0 N–H and O–H groups in total. The third-order valence-electron chi connectivity index (χ3n) is 4.35. The van der Waals surface area contributed by atoms with Gasteiger partial charge in [-0.25, -0.2) is 9.79 Å². The summed E-state index contributed by atoms with van der Waals surface area (Å²) in [7, 11) is 1.29. The van der Waals surface area contributed by atoms with Crippen molar-refractivity contribution in [1.29, 1.82) is 0 Å². The zero-order chi connectivity index (χ0) is 21.0. The minimum absolute atomic E-state index is 0.0747. The molecule has 2 aromatic carbocycles. The van der Waals surface area contributed by atoms with E-state index in [2.05, 4.69) is 4.99 Å². The van der Waals surface area contributed by atoms with Crippen LogP contribution in [0.1, 0.15) is 31.9 Å². The number of nitro benzene ring substituents is 1. The zero-order valence-electron chi connectivity index (χ0n) is 15.7. The number of nitrogens with zero attached hydrogens (tertiary/aromatic N) is 2. The summed E-state index contributed by atoms with van der Waals surface area (Å²) in [6.45, 7) is 1.83. The van der Waals surface area contributed by atoms with Crippen molar-refractivity contribution >= 4 is 34.2 Å². The SMILES string of the molecule is COC(=O)c1c(N=Cc2cc([N+](=O)[O-])ccc2[O-])sc(Cc2ccccc2)c1C. The highest BCUT2D eigenvalue weighted by Gasteiger charge is 2.21. The molecule has 0 spiro atoms. The Bertz CT molecular complexity index is 1090. The molecule has 1 heterocycles. The number of nitro groups is 1. The molecule has 7 nitrogen and oxygen atoms in total. The van der Waals surface area contributed by atoms with Gasteiger partial charge in [-0.05, 0) is 23.6 Å². The average molecular weight is 409 g/mol. The summed E-state index contributed by atoms with van der Waals surface area (Å²) in [6, 6.07) is 13.2. The second kappa shape index (κ2) is 8.66. The van der Waals surface area contributed by atoms with Gasteiger partial charge < -0.3 is 9.84 Å². The van der Waals surface area contributed by atoms with Gasteiger partial charge >= 0.3 is 5.97 Å². The fourth-order valence-electron chi connectivity index (χ4n) is 2.81. The number of thiophene rings is 1. The normalized spacial score (nSPS) is 11.0. The second-order valence-electron chi connectivity index (χ2n) is 6.22. The summed E-state index contributed by atoms with van der Waals surface area (Å²) in [5.74, 6) is -0.914. The number of hydrogen-bond donors (Lipinski definition) is 0. The maximum absolute atomic E-state index is 12.3. The van der Waals surface area contributed by atoms with Crippen LogP contribution in [0.3, 0.4) is 0 Å². The van der Waals surface area contributed by atoms with E-state index in [1.807, 2.05) is 37.3 Å². The highest BCUT2D eigenvalue weighted by molar-refractivity contribution is 7.16. The molecule has 0 bridgehead atoms. The summed E-state index contributed by atoms with van der Waals surface area (Å²) < 4.78 is 4.89. The molecule has 0 radical (unpaired) electrons. The van der Waals surface area contributed by atoms with Crippen molar-refractivity contribution in [2.24, 2.45) is 4.99 Å². The number of hydrogen-bond acceptors (Lipinski definition) is 7. The predicted molar refractivity (Wildman–Crippen MR) is 109 cm³/mol. The molecule has 0 unspecified atom stereocenters. The summed E-state index contributed by atoms with van der Waals surface area (Å²) in [5.41, 5.74) is 2.05. The van der Waals surface area contributed by atoms with Gasteiger partial charge in [0, 0.05) is 29.6 Å². The first-order valence-corrected chi connectivity index (χ1v) is 9.46. The van der Waals surface area contributed by atoms with Gasteiger partial charge in [-0.3, -0.25) is 10.1 Å². The Morgan fingerprint density at radius 1 is 1.24 bits per heavy atom. The first-order chi connectivity index (χ1) is 13.9. The van der Waals surface area contributed by atoms with Crippen molar-refractivity contribution in [3.05, 3.63) is 85.8 Å². The second-order valence-corrected chi connectivity index (χ2v) is 7.31. The molecular formula is C21H17N2O5S-. The fraction of sp³-hybridized carbons (Fsp3) is 0.143. The van der Waals surface area contributed by atoms with Crippen molar-refractivity contribution in [3.8, 4) is 5.75 Å². The van der Waals surface area contributed by atoms with E-state index in [1.165, 1.54) is 24.7 Å². The average Bonchev–Trinajstić information content (AvgIpc) is 3.02. The van der Waals surface area contributed by atoms with Crippen LogP contribution < -0.4 is 5.11 Å². The number of carbonyl (C=O) groups is 1. The van der Waals surface area contributed by atoms with Crippen molar-refractivity contribution in [1.82, 2.24) is 0 Å². The highest BCUT2D eigenvalue weighted by atomic mass is 32.1. The minimum Gasteiger partial charge on any atom is -0.872 e. The Hall–Kier alpha value is -3.52. The maximum Gasteiger partial charge on any atom is 0.341 e. The number of aliphatic imine (C=N–C) groups is 1. The molecule has 1 aromatic heterocycles. The Labute approximate surface area is 171 Å². The monoisotopic (exact) mass is 409 g/mol. The highest BCUT2D eigenvalue weighted by Crippen LogP contribution is 2.37.